The molecule has 1 heterocycles. The quantitative estimate of drug-likeness (QED) is 0.669. The van der Waals surface area contributed by atoms with E-state index in [1.165, 1.54) is 0 Å². The topological polar surface area (TPSA) is 84.1 Å². The standard InChI is InChI=1S/C10H18N4O/c1-3-9-13-8(11)6-10(14-9)12-7(2)4-5-15/h6-7,15H,3-5H2,1-2H3,(H3,11,12,13,14). The van der Waals surface area contributed by atoms with Crippen molar-refractivity contribution in [3.8, 4) is 0 Å². The first-order valence-electron chi connectivity index (χ1n) is 5.16. The monoisotopic (exact) mass is 210 g/mol. The molecular formula is C10H18N4O. The van der Waals surface area contributed by atoms with Gasteiger partial charge in [-0.05, 0) is 13.3 Å². The van der Waals surface area contributed by atoms with Gasteiger partial charge in [0.2, 0.25) is 0 Å². The molecule has 0 aromatic carbocycles. The number of nitrogens with two attached hydrogens (primary N) is 1. The van der Waals surface area contributed by atoms with Crippen LogP contribution in [-0.4, -0.2) is 27.7 Å². The van der Waals surface area contributed by atoms with Crippen LogP contribution in [0.5, 0.6) is 0 Å². The second-order valence-electron chi connectivity index (χ2n) is 3.51. The van der Waals surface area contributed by atoms with Crippen LogP contribution >= 0.6 is 0 Å². The number of aliphatic hydroxyl groups is 1. The van der Waals surface area contributed by atoms with Crippen LogP contribution in [0.15, 0.2) is 6.07 Å². The molecule has 0 saturated carbocycles. The number of anilines is 2. The van der Waals surface area contributed by atoms with E-state index in [0.29, 0.717) is 12.2 Å². The van der Waals surface area contributed by atoms with Crippen molar-refractivity contribution < 1.29 is 5.11 Å². The van der Waals surface area contributed by atoms with Crippen molar-refractivity contribution >= 4 is 11.6 Å². The zero-order valence-corrected chi connectivity index (χ0v) is 9.20. The van der Waals surface area contributed by atoms with Crippen molar-refractivity contribution in [3.05, 3.63) is 11.9 Å². The molecule has 0 aliphatic carbocycles. The molecule has 15 heavy (non-hydrogen) atoms. The molecule has 5 nitrogen and oxygen atoms in total. The molecule has 0 saturated heterocycles. The molecule has 0 bridgehead atoms. The Kier molecular flexibility index (Phi) is 4.30. The van der Waals surface area contributed by atoms with Crippen LogP contribution in [0.2, 0.25) is 0 Å². The van der Waals surface area contributed by atoms with E-state index in [-0.39, 0.29) is 12.6 Å². The SMILES string of the molecule is CCc1nc(N)cc(NC(C)CCO)n1. The Hall–Kier alpha value is -1.36. The second kappa shape index (κ2) is 5.50. The fourth-order valence-electron chi connectivity index (χ4n) is 1.27. The predicted octanol–water partition coefficient (Wildman–Crippen LogP) is 0.804. The van der Waals surface area contributed by atoms with Gasteiger partial charge in [0.15, 0.2) is 0 Å². The Morgan fingerprint density at radius 2 is 2.27 bits per heavy atom. The first-order valence-corrected chi connectivity index (χ1v) is 5.16. The van der Waals surface area contributed by atoms with Crippen LogP contribution in [0.4, 0.5) is 11.6 Å². The number of nitrogen functional groups attached to an aromatic ring is 1. The number of hydrogen-bond donors (Lipinski definition) is 3. The van der Waals surface area contributed by atoms with Gasteiger partial charge in [0.1, 0.15) is 17.5 Å². The highest BCUT2D eigenvalue weighted by molar-refractivity contribution is 5.45. The van der Waals surface area contributed by atoms with Gasteiger partial charge in [0.25, 0.3) is 0 Å². The Balaban J connectivity index is 2.71. The van der Waals surface area contributed by atoms with E-state index in [9.17, 15) is 0 Å². The number of rotatable bonds is 5. The van der Waals surface area contributed by atoms with Gasteiger partial charge >= 0.3 is 0 Å². The Morgan fingerprint density at radius 3 is 2.87 bits per heavy atom. The largest absolute Gasteiger partial charge is 0.396 e. The minimum Gasteiger partial charge on any atom is -0.396 e. The van der Waals surface area contributed by atoms with Gasteiger partial charge in [0.05, 0.1) is 0 Å². The number of hydrogen-bond acceptors (Lipinski definition) is 5. The summed E-state index contributed by atoms with van der Waals surface area (Å²) in [6.45, 7) is 4.13. The molecule has 1 unspecified atom stereocenters. The zero-order chi connectivity index (χ0) is 11.3. The minimum atomic E-state index is 0.162. The lowest BCUT2D eigenvalue weighted by atomic mass is 10.2. The summed E-state index contributed by atoms with van der Waals surface area (Å²) < 4.78 is 0. The number of nitrogens with zero attached hydrogens (tertiary/aromatic N) is 2. The minimum absolute atomic E-state index is 0.162. The molecule has 5 heteroatoms. The lowest BCUT2D eigenvalue weighted by molar-refractivity contribution is 0.282. The average Bonchev–Trinajstić information content (AvgIpc) is 2.17. The summed E-state index contributed by atoms with van der Waals surface area (Å²) in [5.74, 6) is 1.93. The Bertz CT molecular complexity index is 316. The van der Waals surface area contributed by atoms with E-state index < -0.39 is 0 Å². The van der Waals surface area contributed by atoms with E-state index >= 15 is 0 Å². The van der Waals surface area contributed by atoms with E-state index in [0.717, 1.165) is 18.1 Å². The first kappa shape index (κ1) is 11.7. The smallest absolute Gasteiger partial charge is 0.132 e. The third-order valence-corrected chi connectivity index (χ3v) is 2.06. The van der Waals surface area contributed by atoms with Gasteiger partial charge in [-0.15, -0.1) is 0 Å². The molecule has 1 aromatic rings. The van der Waals surface area contributed by atoms with Crippen LogP contribution < -0.4 is 11.1 Å². The summed E-state index contributed by atoms with van der Waals surface area (Å²) in [6, 6.07) is 1.88. The van der Waals surface area contributed by atoms with Crippen molar-refractivity contribution in [1.29, 1.82) is 0 Å². The Morgan fingerprint density at radius 1 is 1.53 bits per heavy atom. The zero-order valence-electron chi connectivity index (χ0n) is 9.20. The maximum Gasteiger partial charge on any atom is 0.132 e. The molecule has 1 aromatic heterocycles. The molecule has 4 N–H and O–H groups in total. The highest BCUT2D eigenvalue weighted by Crippen LogP contribution is 2.10. The molecule has 1 atom stereocenters. The summed E-state index contributed by atoms with van der Waals surface area (Å²) in [5, 5.41) is 11.9. The van der Waals surface area contributed by atoms with Crippen molar-refractivity contribution in [3.63, 3.8) is 0 Å². The van der Waals surface area contributed by atoms with Crippen LogP contribution in [0.1, 0.15) is 26.1 Å². The summed E-state index contributed by atoms with van der Waals surface area (Å²) in [4.78, 5) is 8.37. The van der Waals surface area contributed by atoms with Crippen LogP contribution in [0.3, 0.4) is 0 Å². The van der Waals surface area contributed by atoms with Crippen molar-refractivity contribution in [2.45, 2.75) is 32.7 Å². The molecule has 0 spiro atoms. The highest BCUT2D eigenvalue weighted by atomic mass is 16.3. The van der Waals surface area contributed by atoms with Crippen molar-refractivity contribution in [1.82, 2.24) is 9.97 Å². The van der Waals surface area contributed by atoms with E-state index in [1.54, 1.807) is 6.07 Å². The molecule has 84 valence electrons. The lowest BCUT2D eigenvalue weighted by Gasteiger charge is -2.13. The molecule has 1 rings (SSSR count). The van der Waals surface area contributed by atoms with E-state index in [2.05, 4.69) is 15.3 Å². The predicted molar refractivity (Wildman–Crippen MR) is 60.6 cm³/mol. The van der Waals surface area contributed by atoms with Crippen LogP contribution in [0, 0.1) is 0 Å². The maximum absolute atomic E-state index is 8.77. The van der Waals surface area contributed by atoms with Gasteiger partial charge in [-0.25, -0.2) is 9.97 Å². The first-order chi connectivity index (χ1) is 7.15. The molecule has 0 amide bonds. The van der Waals surface area contributed by atoms with Crippen LogP contribution in [0.25, 0.3) is 0 Å². The number of aromatic nitrogens is 2. The van der Waals surface area contributed by atoms with E-state index in [4.69, 9.17) is 10.8 Å². The number of aryl methyl sites for hydroxylation is 1. The van der Waals surface area contributed by atoms with E-state index in [1.807, 2.05) is 13.8 Å². The lowest BCUT2D eigenvalue weighted by Crippen LogP contribution is -2.18. The van der Waals surface area contributed by atoms with Gasteiger partial charge in [-0.1, -0.05) is 6.92 Å². The average molecular weight is 210 g/mol. The van der Waals surface area contributed by atoms with Gasteiger partial charge < -0.3 is 16.2 Å². The van der Waals surface area contributed by atoms with Crippen LogP contribution in [-0.2, 0) is 6.42 Å². The summed E-state index contributed by atoms with van der Waals surface area (Å²) in [5.41, 5.74) is 5.64. The molecule has 0 aliphatic heterocycles. The van der Waals surface area contributed by atoms with Gasteiger partial charge in [-0.2, -0.15) is 0 Å². The fourth-order valence-corrected chi connectivity index (χ4v) is 1.27. The summed E-state index contributed by atoms with van der Waals surface area (Å²) >= 11 is 0. The number of nitrogens with one attached hydrogen (secondary N) is 1. The van der Waals surface area contributed by atoms with Crippen molar-refractivity contribution in [2.75, 3.05) is 17.7 Å². The normalized spacial score (nSPS) is 12.5. The Labute approximate surface area is 89.7 Å². The third-order valence-electron chi connectivity index (χ3n) is 2.06. The number of aliphatic hydroxyl groups excluding tert-OH is 1. The summed E-state index contributed by atoms with van der Waals surface area (Å²) in [7, 11) is 0. The second-order valence-corrected chi connectivity index (χ2v) is 3.51. The van der Waals surface area contributed by atoms with Gasteiger partial charge in [0, 0.05) is 25.1 Å². The third kappa shape index (κ3) is 3.71. The summed E-state index contributed by atoms with van der Waals surface area (Å²) in [6.07, 6.45) is 1.44. The maximum atomic E-state index is 8.77. The molecular weight excluding hydrogens is 192 g/mol. The fraction of sp³-hybridized carbons (Fsp3) is 0.600. The molecule has 0 aliphatic rings. The molecule has 0 fully saturated rings. The highest BCUT2D eigenvalue weighted by Gasteiger charge is 2.04. The molecule has 0 radical (unpaired) electrons. The van der Waals surface area contributed by atoms with Crippen molar-refractivity contribution in [2.24, 2.45) is 0 Å². The van der Waals surface area contributed by atoms with Gasteiger partial charge in [-0.3, -0.25) is 0 Å².